The van der Waals surface area contributed by atoms with Crippen LogP contribution in [0, 0.1) is 5.92 Å². The van der Waals surface area contributed by atoms with E-state index in [2.05, 4.69) is 4.74 Å². The van der Waals surface area contributed by atoms with Crippen molar-refractivity contribution >= 4 is 5.97 Å². The molecule has 3 heteroatoms. The van der Waals surface area contributed by atoms with Gasteiger partial charge in [0.2, 0.25) is 0 Å². The van der Waals surface area contributed by atoms with Gasteiger partial charge in [0.1, 0.15) is 0 Å². The monoisotopic (exact) mass is 237 g/mol. The Bertz CT molecular complexity index is 319. The molecule has 2 N–H and O–H groups in total. The summed E-state index contributed by atoms with van der Waals surface area (Å²) in [6.07, 6.45) is 0.706. The minimum Gasteiger partial charge on any atom is -0.469 e. The Morgan fingerprint density at radius 2 is 1.71 bits per heavy atom. The molecular formula is C14H23NO2. The molecule has 17 heavy (non-hydrogen) atoms. The van der Waals surface area contributed by atoms with Crippen LogP contribution in [0.15, 0.2) is 24.3 Å². The molecule has 1 rings (SSSR count). The number of hydrogen-bond acceptors (Lipinski definition) is 3. The molecule has 0 saturated carbocycles. The number of methoxy groups -OCH3 is 1. The highest BCUT2D eigenvalue weighted by molar-refractivity contribution is 5.72. The quantitative estimate of drug-likeness (QED) is 0.819. The molecule has 0 amide bonds. The average Bonchev–Trinajstić information content (AvgIpc) is 2.40. The SMILES string of the molecule is CC.COC(=O)C(C)Cc1ccc(CN)cc1. The summed E-state index contributed by atoms with van der Waals surface area (Å²) < 4.78 is 4.67. The van der Waals surface area contributed by atoms with E-state index >= 15 is 0 Å². The van der Waals surface area contributed by atoms with Crippen LogP contribution in [0.1, 0.15) is 31.9 Å². The van der Waals surface area contributed by atoms with Crippen LogP contribution in [-0.2, 0) is 22.5 Å². The number of rotatable bonds is 4. The maximum atomic E-state index is 11.2. The predicted octanol–water partition coefficient (Wildman–Crippen LogP) is 2.52. The molecule has 1 unspecified atom stereocenters. The third kappa shape index (κ3) is 5.50. The molecule has 0 heterocycles. The van der Waals surface area contributed by atoms with Crippen LogP contribution in [0.5, 0.6) is 0 Å². The standard InChI is InChI=1S/C12H17NO2.C2H6/c1-9(12(14)15-2)7-10-3-5-11(8-13)6-4-10;1-2/h3-6,9H,7-8,13H2,1-2H3;1-2H3. The van der Waals surface area contributed by atoms with E-state index in [9.17, 15) is 4.79 Å². The van der Waals surface area contributed by atoms with E-state index in [1.54, 1.807) is 0 Å². The van der Waals surface area contributed by atoms with Gasteiger partial charge >= 0.3 is 5.97 Å². The molecular weight excluding hydrogens is 214 g/mol. The second-order valence-electron chi connectivity index (χ2n) is 3.65. The van der Waals surface area contributed by atoms with Crippen LogP contribution >= 0.6 is 0 Å². The Morgan fingerprint density at radius 1 is 1.24 bits per heavy atom. The highest BCUT2D eigenvalue weighted by Gasteiger charge is 2.13. The summed E-state index contributed by atoms with van der Waals surface area (Å²) in [6, 6.07) is 7.97. The second-order valence-corrected chi connectivity index (χ2v) is 3.65. The Labute approximate surface area is 104 Å². The van der Waals surface area contributed by atoms with E-state index in [-0.39, 0.29) is 11.9 Å². The molecule has 0 aromatic heterocycles. The van der Waals surface area contributed by atoms with Crippen molar-refractivity contribution < 1.29 is 9.53 Å². The van der Waals surface area contributed by atoms with Crippen molar-refractivity contribution in [3.8, 4) is 0 Å². The second kappa shape index (κ2) is 8.76. The van der Waals surface area contributed by atoms with E-state index < -0.39 is 0 Å². The lowest BCUT2D eigenvalue weighted by Crippen LogP contribution is -2.15. The molecule has 1 aromatic carbocycles. The molecule has 0 radical (unpaired) electrons. The zero-order chi connectivity index (χ0) is 13.3. The van der Waals surface area contributed by atoms with Crippen molar-refractivity contribution in [2.24, 2.45) is 11.7 Å². The van der Waals surface area contributed by atoms with Crippen molar-refractivity contribution in [3.05, 3.63) is 35.4 Å². The van der Waals surface area contributed by atoms with E-state index in [0.717, 1.165) is 11.1 Å². The summed E-state index contributed by atoms with van der Waals surface area (Å²) in [5, 5.41) is 0. The largest absolute Gasteiger partial charge is 0.469 e. The van der Waals surface area contributed by atoms with Crippen molar-refractivity contribution in [2.75, 3.05) is 7.11 Å². The Balaban J connectivity index is 0.00000121. The summed E-state index contributed by atoms with van der Waals surface area (Å²) in [5.74, 6) is -0.267. The third-order valence-electron chi connectivity index (χ3n) is 2.40. The van der Waals surface area contributed by atoms with Crippen LogP contribution in [0.4, 0.5) is 0 Å². The molecule has 0 spiro atoms. The molecule has 1 aromatic rings. The molecule has 3 nitrogen and oxygen atoms in total. The van der Waals surface area contributed by atoms with Gasteiger partial charge in [0.05, 0.1) is 13.0 Å². The fraction of sp³-hybridized carbons (Fsp3) is 0.500. The lowest BCUT2D eigenvalue weighted by molar-refractivity contribution is -0.144. The lowest BCUT2D eigenvalue weighted by atomic mass is 10.0. The molecule has 0 saturated heterocycles. The minimum atomic E-state index is -0.169. The summed E-state index contributed by atoms with van der Waals surface area (Å²) >= 11 is 0. The van der Waals surface area contributed by atoms with Gasteiger partial charge in [-0.1, -0.05) is 45.0 Å². The van der Waals surface area contributed by atoms with E-state index in [0.29, 0.717) is 13.0 Å². The van der Waals surface area contributed by atoms with Gasteiger partial charge in [0.25, 0.3) is 0 Å². The highest BCUT2D eigenvalue weighted by Crippen LogP contribution is 2.11. The van der Waals surface area contributed by atoms with Crippen LogP contribution < -0.4 is 5.73 Å². The maximum absolute atomic E-state index is 11.2. The number of hydrogen-bond donors (Lipinski definition) is 1. The Morgan fingerprint density at radius 3 is 2.12 bits per heavy atom. The molecule has 0 aliphatic rings. The first-order chi connectivity index (χ1) is 8.17. The van der Waals surface area contributed by atoms with E-state index in [1.807, 2.05) is 45.0 Å². The molecule has 0 aliphatic carbocycles. The Kier molecular flexibility index (Phi) is 8.07. The van der Waals surface area contributed by atoms with E-state index in [4.69, 9.17) is 5.73 Å². The van der Waals surface area contributed by atoms with Gasteiger partial charge in [-0.15, -0.1) is 0 Å². The smallest absolute Gasteiger partial charge is 0.308 e. The number of benzene rings is 1. The van der Waals surface area contributed by atoms with Gasteiger partial charge in [0.15, 0.2) is 0 Å². The number of ether oxygens (including phenoxy) is 1. The number of carbonyl (C=O) groups is 1. The summed E-state index contributed by atoms with van der Waals surface area (Å²) in [4.78, 5) is 11.2. The van der Waals surface area contributed by atoms with E-state index in [1.165, 1.54) is 7.11 Å². The summed E-state index contributed by atoms with van der Waals surface area (Å²) in [5.41, 5.74) is 7.73. The van der Waals surface area contributed by atoms with Crippen molar-refractivity contribution in [1.29, 1.82) is 0 Å². The van der Waals surface area contributed by atoms with Gasteiger partial charge < -0.3 is 10.5 Å². The lowest BCUT2D eigenvalue weighted by Gasteiger charge is -2.09. The maximum Gasteiger partial charge on any atom is 0.308 e. The van der Waals surface area contributed by atoms with Crippen molar-refractivity contribution in [1.82, 2.24) is 0 Å². The van der Waals surface area contributed by atoms with Gasteiger partial charge in [-0.05, 0) is 17.5 Å². The fourth-order valence-corrected chi connectivity index (χ4v) is 1.45. The van der Waals surface area contributed by atoms with Crippen LogP contribution in [0.2, 0.25) is 0 Å². The third-order valence-corrected chi connectivity index (χ3v) is 2.40. The number of esters is 1. The van der Waals surface area contributed by atoms with Gasteiger partial charge in [-0.25, -0.2) is 0 Å². The first-order valence-corrected chi connectivity index (χ1v) is 6.03. The summed E-state index contributed by atoms with van der Waals surface area (Å²) in [7, 11) is 1.41. The zero-order valence-corrected chi connectivity index (χ0v) is 11.2. The highest BCUT2D eigenvalue weighted by atomic mass is 16.5. The zero-order valence-electron chi connectivity index (χ0n) is 11.2. The molecule has 0 fully saturated rings. The minimum absolute atomic E-state index is 0.0984. The molecule has 0 aliphatic heterocycles. The number of carbonyl (C=O) groups excluding carboxylic acids is 1. The van der Waals surface area contributed by atoms with Gasteiger partial charge in [0, 0.05) is 6.54 Å². The number of nitrogens with two attached hydrogens (primary N) is 1. The van der Waals surface area contributed by atoms with Crippen molar-refractivity contribution in [2.45, 2.75) is 33.7 Å². The van der Waals surface area contributed by atoms with Gasteiger partial charge in [-0.2, -0.15) is 0 Å². The van der Waals surface area contributed by atoms with Crippen molar-refractivity contribution in [3.63, 3.8) is 0 Å². The topological polar surface area (TPSA) is 52.3 Å². The molecule has 0 bridgehead atoms. The molecule has 96 valence electrons. The van der Waals surface area contributed by atoms with Gasteiger partial charge in [-0.3, -0.25) is 4.79 Å². The first kappa shape index (κ1) is 15.7. The first-order valence-electron chi connectivity index (χ1n) is 6.03. The van der Waals surface area contributed by atoms with Crippen LogP contribution in [0.3, 0.4) is 0 Å². The Hall–Kier alpha value is -1.35. The average molecular weight is 237 g/mol. The normalized spacial score (nSPS) is 11.1. The summed E-state index contributed by atoms with van der Waals surface area (Å²) in [6.45, 7) is 6.41. The van der Waals surface area contributed by atoms with Crippen LogP contribution in [-0.4, -0.2) is 13.1 Å². The van der Waals surface area contributed by atoms with Crippen LogP contribution in [0.25, 0.3) is 0 Å². The fourth-order valence-electron chi connectivity index (χ4n) is 1.45. The predicted molar refractivity (Wildman–Crippen MR) is 70.6 cm³/mol. The molecule has 1 atom stereocenters.